The predicted molar refractivity (Wildman–Crippen MR) is 80.1 cm³/mol. The zero-order chi connectivity index (χ0) is 14.7. The highest BCUT2D eigenvalue weighted by Gasteiger charge is 2.13. The van der Waals surface area contributed by atoms with E-state index in [0.717, 1.165) is 0 Å². The topological polar surface area (TPSA) is 26.3 Å². The molecule has 0 saturated carbocycles. The van der Waals surface area contributed by atoms with Crippen molar-refractivity contribution in [3.05, 3.63) is 62.8 Å². The molecule has 2 aromatic rings. The van der Waals surface area contributed by atoms with Gasteiger partial charge in [0.25, 0.3) is 5.24 Å². The van der Waals surface area contributed by atoms with Crippen LogP contribution in [-0.2, 0) is 6.61 Å². The lowest BCUT2D eigenvalue weighted by molar-refractivity contribution is 0.107. The summed E-state index contributed by atoms with van der Waals surface area (Å²) in [6.45, 7) is -0.0929. The molecule has 0 heterocycles. The van der Waals surface area contributed by atoms with Crippen molar-refractivity contribution < 1.29 is 13.9 Å². The molecule has 0 N–H and O–H groups in total. The molecule has 0 bridgehead atoms. The lowest BCUT2D eigenvalue weighted by atomic mass is 10.2. The second kappa shape index (κ2) is 6.57. The van der Waals surface area contributed by atoms with Crippen molar-refractivity contribution in [2.75, 3.05) is 0 Å². The lowest BCUT2D eigenvalue weighted by Gasteiger charge is -2.11. The molecule has 2 nitrogen and oxygen atoms in total. The fourth-order valence-corrected chi connectivity index (χ4v) is 2.33. The molecule has 0 saturated heterocycles. The molecular weight excluding hydrogens is 370 g/mol. The quantitative estimate of drug-likeness (QED) is 0.684. The monoisotopic (exact) mass is 376 g/mol. The van der Waals surface area contributed by atoms with Crippen molar-refractivity contribution in [2.24, 2.45) is 0 Å². The summed E-state index contributed by atoms with van der Waals surface area (Å²) in [5, 5.41) is -0.387. The third-order valence-electron chi connectivity index (χ3n) is 2.59. The van der Waals surface area contributed by atoms with E-state index in [4.69, 9.17) is 27.9 Å². The summed E-state index contributed by atoms with van der Waals surface area (Å²) in [4.78, 5) is 11.3. The maximum atomic E-state index is 13.6. The summed E-state index contributed by atoms with van der Waals surface area (Å²) in [5.41, 5.74) is 0.429. The molecule has 104 valence electrons. The van der Waals surface area contributed by atoms with Crippen LogP contribution in [-0.4, -0.2) is 5.24 Å². The van der Waals surface area contributed by atoms with Gasteiger partial charge in [-0.25, -0.2) is 4.39 Å². The molecule has 6 heteroatoms. The highest BCUT2D eigenvalue weighted by molar-refractivity contribution is 9.10. The first-order valence-electron chi connectivity index (χ1n) is 5.54. The van der Waals surface area contributed by atoms with Gasteiger partial charge >= 0.3 is 0 Å². The fraction of sp³-hybridized carbons (Fsp3) is 0.0714. The van der Waals surface area contributed by atoms with Crippen LogP contribution in [0.1, 0.15) is 15.9 Å². The minimum absolute atomic E-state index is 0.0929. The zero-order valence-electron chi connectivity index (χ0n) is 10.00. The molecule has 0 atom stereocenters. The summed E-state index contributed by atoms with van der Waals surface area (Å²) in [5.74, 6) is -0.194. The number of rotatable bonds is 4. The first kappa shape index (κ1) is 15.3. The number of carbonyl (C=O) groups excluding carboxylic acids is 1. The molecular formula is C14H8BrCl2FO2. The number of ether oxygens (including phenoxy) is 1. The summed E-state index contributed by atoms with van der Waals surface area (Å²) in [7, 11) is 0. The Hall–Kier alpha value is -1.10. The highest BCUT2D eigenvalue weighted by Crippen LogP contribution is 2.27. The SMILES string of the molecule is O=C(Cl)c1cc(Br)ccc1OCc1c(F)cccc1Cl. The smallest absolute Gasteiger partial charge is 0.256 e. The number of hydrogen-bond acceptors (Lipinski definition) is 2. The van der Waals surface area contributed by atoms with Gasteiger partial charge in [-0.1, -0.05) is 33.6 Å². The number of hydrogen-bond donors (Lipinski definition) is 0. The summed E-state index contributed by atoms with van der Waals surface area (Å²) in [6, 6.07) is 9.18. The van der Waals surface area contributed by atoms with E-state index in [0.29, 0.717) is 4.47 Å². The Morgan fingerprint density at radius 1 is 1.30 bits per heavy atom. The van der Waals surface area contributed by atoms with Gasteiger partial charge in [-0.3, -0.25) is 4.79 Å². The van der Waals surface area contributed by atoms with Gasteiger partial charge in [-0.05, 0) is 41.9 Å². The molecule has 0 amide bonds. The average molecular weight is 378 g/mol. The van der Waals surface area contributed by atoms with Gasteiger partial charge < -0.3 is 4.74 Å². The van der Waals surface area contributed by atoms with E-state index in [1.54, 1.807) is 18.2 Å². The van der Waals surface area contributed by atoms with E-state index in [1.807, 2.05) is 0 Å². The normalized spacial score (nSPS) is 10.4. The Morgan fingerprint density at radius 3 is 2.70 bits per heavy atom. The van der Waals surface area contributed by atoms with Crippen LogP contribution >= 0.6 is 39.1 Å². The minimum atomic E-state index is -0.652. The van der Waals surface area contributed by atoms with Crippen LogP contribution in [0.5, 0.6) is 5.75 Å². The maximum absolute atomic E-state index is 13.6. The van der Waals surface area contributed by atoms with Gasteiger partial charge in [0, 0.05) is 10.0 Å². The largest absolute Gasteiger partial charge is 0.488 e. The molecule has 2 rings (SSSR count). The number of halogens is 4. The fourth-order valence-electron chi connectivity index (χ4n) is 1.60. The molecule has 0 spiro atoms. The molecule has 0 fully saturated rings. The van der Waals surface area contributed by atoms with Crippen molar-refractivity contribution in [3.63, 3.8) is 0 Å². The van der Waals surface area contributed by atoms with Gasteiger partial charge in [-0.2, -0.15) is 0 Å². The Balaban J connectivity index is 2.25. The van der Waals surface area contributed by atoms with Crippen LogP contribution in [0.3, 0.4) is 0 Å². The second-order valence-corrected chi connectivity index (χ2v) is 5.57. The van der Waals surface area contributed by atoms with E-state index >= 15 is 0 Å². The van der Waals surface area contributed by atoms with Crippen molar-refractivity contribution >= 4 is 44.4 Å². The standard InChI is InChI=1S/C14H8BrCl2FO2/c15-8-4-5-13(9(6-8)14(17)19)20-7-10-11(16)2-1-3-12(10)18/h1-6H,7H2. The van der Waals surface area contributed by atoms with Crippen LogP contribution in [0.25, 0.3) is 0 Å². The van der Waals surface area contributed by atoms with Gasteiger partial charge in [0.15, 0.2) is 0 Å². The molecule has 20 heavy (non-hydrogen) atoms. The number of benzene rings is 2. The molecule has 0 aliphatic carbocycles. The van der Waals surface area contributed by atoms with E-state index in [9.17, 15) is 9.18 Å². The van der Waals surface area contributed by atoms with Crippen molar-refractivity contribution in [1.29, 1.82) is 0 Å². The zero-order valence-corrected chi connectivity index (χ0v) is 13.1. The maximum Gasteiger partial charge on any atom is 0.256 e. The predicted octanol–water partition coefficient (Wildman–Crippen LogP) is 5.20. The Kier molecular flexibility index (Phi) is 5.02. The van der Waals surface area contributed by atoms with Gasteiger partial charge in [0.05, 0.1) is 10.6 Å². The lowest BCUT2D eigenvalue weighted by Crippen LogP contribution is -2.03. The summed E-state index contributed by atoms with van der Waals surface area (Å²) in [6.07, 6.45) is 0. The molecule has 0 aliphatic heterocycles. The van der Waals surface area contributed by atoms with Crippen LogP contribution in [0.15, 0.2) is 40.9 Å². The second-order valence-electron chi connectivity index (χ2n) is 3.90. The van der Waals surface area contributed by atoms with Crippen LogP contribution in [0, 0.1) is 5.82 Å². The van der Waals surface area contributed by atoms with Crippen molar-refractivity contribution in [1.82, 2.24) is 0 Å². The van der Waals surface area contributed by atoms with Gasteiger partial charge in [0.1, 0.15) is 18.2 Å². The van der Waals surface area contributed by atoms with Crippen LogP contribution in [0.4, 0.5) is 4.39 Å². The highest BCUT2D eigenvalue weighted by atomic mass is 79.9. The molecule has 2 aromatic carbocycles. The van der Waals surface area contributed by atoms with Crippen LogP contribution < -0.4 is 4.74 Å². The third kappa shape index (κ3) is 3.51. The van der Waals surface area contributed by atoms with E-state index < -0.39 is 11.1 Å². The Morgan fingerprint density at radius 2 is 2.05 bits per heavy atom. The Bertz CT molecular complexity index is 641. The molecule has 0 unspecified atom stereocenters. The van der Waals surface area contributed by atoms with E-state index in [2.05, 4.69) is 15.9 Å². The van der Waals surface area contributed by atoms with Crippen molar-refractivity contribution in [3.8, 4) is 5.75 Å². The van der Waals surface area contributed by atoms with Gasteiger partial charge in [-0.15, -0.1) is 0 Å². The first-order chi connectivity index (χ1) is 9.49. The summed E-state index contributed by atoms with van der Waals surface area (Å²) >= 11 is 14.6. The van der Waals surface area contributed by atoms with E-state index in [-0.39, 0.29) is 28.5 Å². The first-order valence-corrected chi connectivity index (χ1v) is 7.09. The molecule has 0 radical (unpaired) electrons. The van der Waals surface area contributed by atoms with Crippen LogP contribution in [0.2, 0.25) is 5.02 Å². The third-order valence-corrected chi connectivity index (χ3v) is 3.64. The average Bonchev–Trinajstić information content (AvgIpc) is 2.39. The van der Waals surface area contributed by atoms with E-state index in [1.165, 1.54) is 18.2 Å². The molecule has 0 aromatic heterocycles. The molecule has 0 aliphatic rings. The summed E-state index contributed by atoms with van der Waals surface area (Å²) < 4.78 is 19.8. The number of carbonyl (C=O) groups is 1. The van der Waals surface area contributed by atoms with Gasteiger partial charge in [0.2, 0.25) is 0 Å². The van der Waals surface area contributed by atoms with Crippen molar-refractivity contribution in [2.45, 2.75) is 6.61 Å². The Labute approximate surface area is 133 Å². The minimum Gasteiger partial charge on any atom is -0.488 e.